The molecule has 2 heterocycles. The van der Waals surface area contributed by atoms with Gasteiger partial charge in [0.2, 0.25) is 0 Å². The number of hydrogen-bond donors (Lipinski definition) is 2. The minimum atomic E-state index is -0.240. The topological polar surface area (TPSA) is 62.2 Å². The summed E-state index contributed by atoms with van der Waals surface area (Å²) in [7, 11) is 1.66. The Balaban J connectivity index is 1.80. The van der Waals surface area contributed by atoms with Gasteiger partial charge in [-0.2, -0.15) is 0 Å². The van der Waals surface area contributed by atoms with Crippen LogP contribution in [-0.4, -0.2) is 54.6 Å². The van der Waals surface area contributed by atoms with E-state index in [9.17, 15) is 5.11 Å². The predicted octanol–water partition coefficient (Wildman–Crippen LogP) is 2.78. The van der Waals surface area contributed by atoms with Gasteiger partial charge in [0.05, 0.1) is 19.8 Å². The van der Waals surface area contributed by atoms with Gasteiger partial charge < -0.3 is 19.7 Å². The zero-order valence-corrected chi connectivity index (χ0v) is 16.3. The summed E-state index contributed by atoms with van der Waals surface area (Å²) in [5.41, 5.74) is 2.56. The van der Waals surface area contributed by atoms with Gasteiger partial charge in [-0.15, -0.1) is 0 Å². The number of aliphatic hydroxyl groups is 2. The molecule has 0 saturated carbocycles. The molecule has 0 radical (unpaired) electrons. The highest BCUT2D eigenvalue weighted by Gasteiger charge is 2.38. The first-order valence-electron chi connectivity index (χ1n) is 9.90. The summed E-state index contributed by atoms with van der Waals surface area (Å²) in [5.74, 6) is 2.47. The lowest BCUT2D eigenvalue weighted by atomic mass is 9.79. The van der Waals surface area contributed by atoms with Crippen molar-refractivity contribution < 1.29 is 19.7 Å². The summed E-state index contributed by atoms with van der Waals surface area (Å²) in [6.45, 7) is 7.07. The molecule has 1 aromatic carbocycles. The number of ether oxygens (including phenoxy) is 2. The van der Waals surface area contributed by atoms with Crippen LogP contribution in [0.15, 0.2) is 12.1 Å². The molecule has 1 fully saturated rings. The molecule has 3 atom stereocenters. The Kier molecular flexibility index (Phi) is 6.43. The van der Waals surface area contributed by atoms with Crippen LogP contribution in [-0.2, 0) is 6.42 Å². The Hall–Kier alpha value is -1.30. The molecule has 2 aliphatic heterocycles. The first-order valence-corrected chi connectivity index (χ1v) is 9.90. The first kappa shape index (κ1) is 19.5. The van der Waals surface area contributed by atoms with Crippen LogP contribution in [0.3, 0.4) is 0 Å². The fraction of sp³-hybridized carbons (Fsp3) is 0.714. The van der Waals surface area contributed by atoms with Crippen molar-refractivity contribution in [3.8, 4) is 11.5 Å². The number of rotatable bonds is 7. The van der Waals surface area contributed by atoms with Gasteiger partial charge in [-0.05, 0) is 54.4 Å². The molecule has 0 amide bonds. The van der Waals surface area contributed by atoms with E-state index in [2.05, 4.69) is 30.9 Å². The number of piperidine rings is 1. The Bertz CT molecular complexity index is 604. The Labute approximate surface area is 156 Å². The van der Waals surface area contributed by atoms with E-state index in [0.29, 0.717) is 24.9 Å². The largest absolute Gasteiger partial charge is 0.493 e. The van der Waals surface area contributed by atoms with Crippen LogP contribution in [0.25, 0.3) is 0 Å². The second-order valence-corrected chi connectivity index (χ2v) is 8.08. The van der Waals surface area contributed by atoms with Crippen LogP contribution in [0.2, 0.25) is 0 Å². The van der Waals surface area contributed by atoms with E-state index in [-0.39, 0.29) is 18.8 Å². The van der Waals surface area contributed by atoms with Gasteiger partial charge in [0.15, 0.2) is 11.5 Å². The van der Waals surface area contributed by atoms with Crippen LogP contribution in [0, 0.1) is 11.8 Å². The Morgan fingerprint density at radius 2 is 2.08 bits per heavy atom. The van der Waals surface area contributed by atoms with E-state index >= 15 is 0 Å². The third-order valence-corrected chi connectivity index (χ3v) is 5.71. The van der Waals surface area contributed by atoms with Crippen molar-refractivity contribution in [2.75, 3.05) is 33.4 Å². The van der Waals surface area contributed by atoms with Crippen molar-refractivity contribution >= 4 is 0 Å². The summed E-state index contributed by atoms with van der Waals surface area (Å²) in [5, 5.41) is 19.7. The van der Waals surface area contributed by atoms with E-state index < -0.39 is 0 Å². The number of hydrogen-bond acceptors (Lipinski definition) is 5. The van der Waals surface area contributed by atoms with E-state index in [4.69, 9.17) is 14.6 Å². The Morgan fingerprint density at radius 1 is 1.27 bits per heavy atom. The van der Waals surface area contributed by atoms with Crippen LogP contribution in [0.4, 0.5) is 0 Å². The molecule has 5 heteroatoms. The highest BCUT2D eigenvalue weighted by molar-refractivity contribution is 5.49. The van der Waals surface area contributed by atoms with Crippen LogP contribution >= 0.6 is 0 Å². The molecule has 26 heavy (non-hydrogen) atoms. The lowest BCUT2D eigenvalue weighted by Crippen LogP contribution is -2.48. The zero-order valence-electron chi connectivity index (χ0n) is 16.3. The third-order valence-electron chi connectivity index (χ3n) is 5.71. The van der Waals surface area contributed by atoms with Crippen LogP contribution in [0.1, 0.15) is 50.3 Å². The van der Waals surface area contributed by atoms with Crippen molar-refractivity contribution in [2.45, 2.75) is 51.7 Å². The van der Waals surface area contributed by atoms with Crippen LogP contribution in [0.5, 0.6) is 11.5 Å². The van der Waals surface area contributed by atoms with Gasteiger partial charge in [0, 0.05) is 32.2 Å². The van der Waals surface area contributed by atoms with Gasteiger partial charge in [0.1, 0.15) is 0 Å². The number of fused-ring (bicyclic) bond motifs is 3. The van der Waals surface area contributed by atoms with Crippen molar-refractivity contribution in [3.05, 3.63) is 23.3 Å². The zero-order chi connectivity index (χ0) is 18.7. The molecule has 5 nitrogen and oxygen atoms in total. The summed E-state index contributed by atoms with van der Waals surface area (Å²) < 4.78 is 11.4. The van der Waals surface area contributed by atoms with E-state index in [1.165, 1.54) is 11.1 Å². The van der Waals surface area contributed by atoms with E-state index in [0.717, 1.165) is 43.9 Å². The quantitative estimate of drug-likeness (QED) is 0.730. The predicted molar refractivity (Wildman–Crippen MR) is 102 cm³/mol. The summed E-state index contributed by atoms with van der Waals surface area (Å²) in [6, 6.07) is 4.45. The van der Waals surface area contributed by atoms with Crippen molar-refractivity contribution in [2.24, 2.45) is 11.8 Å². The lowest BCUT2D eigenvalue weighted by molar-refractivity contribution is -0.0191. The van der Waals surface area contributed by atoms with Crippen molar-refractivity contribution in [1.82, 2.24) is 4.90 Å². The van der Waals surface area contributed by atoms with Gasteiger partial charge >= 0.3 is 0 Å². The minimum Gasteiger partial charge on any atom is -0.493 e. The van der Waals surface area contributed by atoms with Gasteiger partial charge in [0.25, 0.3) is 0 Å². The Morgan fingerprint density at radius 3 is 2.77 bits per heavy atom. The fourth-order valence-corrected chi connectivity index (χ4v) is 4.46. The molecule has 0 aromatic heterocycles. The maximum absolute atomic E-state index is 10.7. The first-order chi connectivity index (χ1) is 12.5. The fourth-order valence-electron chi connectivity index (χ4n) is 4.46. The van der Waals surface area contributed by atoms with Gasteiger partial charge in [-0.1, -0.05) is 13.8 Å². The maximum Gasteiger partial charge on any atom is 0.161 e. The molecule has 1 unspecified atom stereocenters. The molecule has 3 rings (SSSR count). The van der Waals surface area contributed by atoms with E-state index in [1.807, 2.05) is 0 Å². The highest BCUT2D eigenvalue weighted by atomic mass is 16.5. The molecule has 0 aliphatic carbocycles. The van der Waals surface area contributed by atoms with Gasteiger partial charge in [-0.25, -0.2) is 0 Å². The molecule has 0 bridgehead atoms. The normalized spacial score (nSPS) is 25.7. The monoisotopic (exact) mass is 363 g/mol. The van der Waals surface area contributed by atoms with Crippen molar-refractivity contribution in [1.29, 1.82) is 0 Å². The van der Waals surface area contributed by atoms with Crippen molar-refractivity contribution in [3.63, 3.8) is 0 Å². The molecule has 2 N–H and O–H groups in total. The maximum atomic E-state index is 10.7. The van der Waals surface area contributed by atoms with Gasteiger partial charge in [-0.3, -0.25) is 4.90 Å². The summed E-state index contributed by atoms with van der Waals surface area (Å²) in [4.78, 5) is 2.54. The molecule has 1 aromatic rings. The van der Waals surface area contributed by atoms with Crippen LogP contribution < -0.4 is 9.47 Å². The molecular formula is C21H33NO4. The number of benzene rings is 1. The number of nitrogens with zero attached hydrogens (tertiary/aromatic N) is 1. The standard InChI is InChI=1S/C21H33NO4/c1-14(2)9-16-13-22-6-5-15-10-21(26-8-4-7-23)20(25-3)11-17(15)18(22)12-19(16)24/h10-11,14,16,18-19,23-24H,4-9,12-13H2,1-3H3/t16-,18-,19?/m1/s1. The SMILES string of the molecule is COc1cc2c(cc1OCCCO)CCN1C[C@@H](CC(C)C)C(O)C[C@H]21. The minimum absolute atomic E-state index is 0.125. The molecule has 1 saturated heterocycles. The number of aliphatic hydroxyl groups excluding tert-OH is 2. The molecule has 2 aliphatic rings. The second kappa shape index (κ2) is 8.59. The molecule has 146 valence electrons. The smallest absolute Gasteiger partial charge is 0.161 e. The molecule has 0 spiro atoms. The average molecular weight is 363 g/mol. The second-order valence-electron chi connectivity index (χ2n) is 8.08. The molecular weight excluding hydrogens is 330 g/mol. The van der Waals surface area contributed by atoms with E-state index in [1.54, 1.807) is 7.11 Å². The average Bonchev–Trinajstić information content (AvgIpc) is 2.61. The highest BCUT2D eigenvalue weighted by Crippen LogP contribution is 2.43. The third kappa shape index (κ3) is 4.16. The summed E-state index contributed by atoms with van der Waals surface area (Å²) in [6.07, 6.45) is 3.24. The lowest BCUT2D eigenvalue weighted by Gasteiger charge is -2.46. The number of methoxy groups -OCH3 is 1. The summed E-state index contributed by atoms with van der Waals surface area (Å²) >= 11 is 0.